The van der Waals surface area contributed by atoms with Gasteiger partial charge in [-0.2, -0.15) is 0 Å². The number of Topliss-reactive ketones (excluding diaryl/α,β-unsaturated/α-hetero) is 1. The van der Waals surface area contributed by atoms with Gasteiger partial charge in [0.2, 0.25) is 0 Å². The third-order valence-electron chi connectivity index (χ3n) is 3.49. The number of thioether (sulfide) groups is 1. The van der Waals surface area contributed by atoms with Crippen LogP contribution in [-0.2, 0) is 0 Å². The molecular formula is C15H21NOS. The lowest BCUT2D eigenvalue weighted by Crippen LogP contribution is -2.21. The van der Waals surface area contributed by atoms with E-state index >= 15 is 0 Å². The molecule has 0 amide bonds. The van der Waals surface area contributed by atoms with E-state index in [0.717, 1.165) is 18.5 Å². The summed E-state index contributed by atoms with van der Waals surface area (Å²) < 4.78 is 0. The molecule has 1 aromatic rings. The SMILES string of the molecule is CSc1ccc(C(=O)CCCN2CCCC2)cc1. The molecular weight excluding hydrogens is 242 g/mol. The molecule has 1 fully saturated rings. The minimum atomic E-state index is 0.279. The van der Waals surface area contributed by atoms with E-state index in [1.807, 2.05) is 30.5 Å². The van der Waals surface area contributed by atoms with Gasteiger partial charge in [-0.1, -0.05) is 12.1 Å². The van der Waals surface area contributed by atoms with E-state index in [2.05, 4.69) is 4.90 Å². The molecule has 1 saturated heterocycles. The van der Waals surface area contributed by atoms with Crippen molar-refractivity contribution in [2.24, 2.45) is 0 Å². The van der Waals surface area contributed by atoms with Crippen molar-refractivity contribution in [3.8, 4) is 0 Å². The summed E-state index contributed by atoms with van der Waals surface area (Å²) in [5.41, 5.74) is 0.856. The maximum Gasteiger partial charge on any atom is 0.162 e. The van der Waals surface area contributed by atoms with Crippen molar-refractivity contribution in [3.63, 3.8) is 0 Å². The number of rotatable bonds is 6. The highest BCUT2D eigenvalue weighted by Crippen LogP contribution is 2.16. The summed E-state index contributed by atoms with van der Waals surface area (Å²) in [7, 11) is 0. The quantitative estimate of drug-likeness (QED) is 0.579. The van der Waals surface area contributed by atoms with Crippen molar-refractivity contribution in [3.05, 3.63) is 29.8 Å². The maximum atomic E-state index is 12.0. The summed E-state index contributed by atoms with van der Waals surface area (Å²) in [6.45, 7) is 3.52. The monoisotopic (exact) mass is 263 g/mol. The lowest BCUT2D eigenvalue weighted by molar-refractivity contribution is 0.0976. The fourth-order valence-electron chi connectivity index (χ4n) is 2.39. The zero-order chi connectivity index (χ0) is 12.8. The number of hydrogen-bond acceptors (Lipinski definition) is 3. The minimum Gasteiger partial charge on any atom is -0.303 e. The van der Waals surface area contributed by atoms with Crippen LogP contribution in [0.1, 0.15) is 36.0 Å². The molecule has 0 spiro atoms. The molecule has 18 heavy (non-hydrogen) atoms. The Balaban J connectivity index is 1.76. The fourth-order valence-corrected chi connectivity index (χ4v) is 2.80. The second-order valence-electron chi connectivity index (χ2n) is 4.80. The average molecular weight is 263 g/mol. The Morgan fingerprint density at radius 3 is 2.50 bits per heavy atom. The molecule has 98 valence electrons. The largest absolute Gasteiger partial charge is 0.303 e. The molecule has 0 unspecified atom stereocenters. The van der Waals surface area contributed by atoms with Gasteiger partial charge in [-0.25, -0.2) is 0 Å². The zero-order valence-electron chi connectivity index (χ0n) is 11.0. The highest BCUT2D eigenvalue weighted by molar-refractivity contribution is 7.98. The molecule has 0 atom stereocenters. The minimum absolute atomic E-state index is 0.279. The summed E-state index contributed by atoms with van der Waals surface area (Å²) in [5, 5.41) is 0. The number of benzene rings is 1. The van der Waals surface area contributed by atoms with Crippen LogP contribution in [0.3, 0.4) is 0 Å². The number of nitrogens with zero attached hydrogens (tertiary/aromatic N) is 1. The zero-order valence-corrected chi connectivity index (χ0v) is 11.8. The molecule has 1 aliphatic heterocycles. The van der Waals surface area contributed by atoms with Crippen LogP contribution >= 0.6 is 11.8 Å². The molecule has 1 aliphatic rings. The summed E-state index contributed by atoms with van der Waals surface area (Å²) in [4.78, 5) is 15.7. The Labute approximate surface area is 114 Å². The normalized spacial score (nSPS) is 16.1. The maximum absolute atomic E-state index is 12.0. The third kappa shape index (κ3) is 3.85. The van der Waals surface area contributed by atoms with E-state index in [0.29, 0.717) is 6.42 Å². The lowest BCUT2D eigenvalue weighted by Gasteiger charge is -2.13. The van der Waals surface area contributed by atoms with Crippen molar-refractivity contribution in [1.29, 1.82) is 0 Å². The standard InChI is InChI=1S/C15H21NOS/c1-18-14-8-6-13(7-9-14)15(17)5-4-12-16-10-2-3-11-16/h6-9H,2-5,10-12H2,1H3. The van der Waals surface area contributed by atoms with Gasteiger partial charge in [-0.3, -0.25) is 4.79 Å². The first-order valence-corrected chi connectivity index (χ1v) is 7.91. The lowest BCUT2D eigenvalue weighted by atomic mass is 10.1. The van der Waals surface area contributed by atoms with Gasteiger partial charge < -0.3 is 4.90 Å². The van der Waals surface area contributed by atoms with E-state index in [1.165, 1.54) is 30.8 Å². The first-order chi connectivity index (χ1) is 8.79. The molecule has 0 saturated carbocycles. The van der Waals surface area contributed by atoms with E-state index < -0.39 is 0 Å². The van der Waals surface area contributed by atoms with Crippen molar-refractivity contribution in [1.82, 2.24) is 4.90 Å². The molecule has 2 nitrogen and oxygen atoms in total. The fraction of sp³-hybridized carbons (Fsp3) is 0.533. The van der Waals surface area contributed by atoms with Crippen LogP contribution in [0.4, 0.5) is 0 Å². The molecule has 0 N–H and O–H groups in total. The Hall–Kier alpha value is -0.800. The van der Waals surface area contributed by atoms with E-state index in [4.69, 9.17) is 0 Å². The predicted octanol–water partition coefficient (Wildman–Crippen LogP) is 3.47. The van der Waals surface area contributed by atoms with Crippen LogP contribution in [-0.4, -0.2) is 36.6 Å². The first kappa shape index (κ1) is 13.6. The number of carbonyl (C=O) groups is 1. The number of hydrogen-bond donors (Lipinski definition) is 0. The summed E-state index contributed by atoms with van der Waals surface area (Å²) >= 11 is 1.71. The highest BCUT2D eigenvalue weighted by Gasteiger charge is 2.12. The molecule has 1 aromatic carbocycles. The van der Waals surface area contributed by atoms with Crippen LogP contribution in [0.15, 0.2) is 29.2 Å². The van der Waals surface area contributed by atoms with Gasteiger partial charge in [0.05, 0.1) is 0 Å². The van der Waals surface area contributed by atoms with Gasteiger partial charge >= 0.3 is 0 Å². The molecule has 0 bridgehead atoms. The van der Waals surface area contributed by atoms with Crippen molar-refractivity contribution in [2.45, 2.75) is 30.6 Å². The number of ketones is 1. The molecule has 0 aliphatic carbocycles. The number of likely N-dealkylation sites (tertiary alicyclic amines) is 1. The van der Waals surface area contributed by atoms with Gasteiger partial charge in [-0.15, -0.1) is 11.8 Å². The van der Waals surface area contributed by atoms with Crippen molar-refractivity contribution >= 4 is 17.5 Å². The Bertz CT molecular complexity index is 382. The van der Waals surface area contributed by atoms with Crippen LogP contribution in [0.5, 0.6) is 0 Å². The van der Waals surface area contributed by atoms with Crippen LogP contribution < -0.4 is 0 Å². The smallest absolute Gasteiger partial charge is 0.162 e. The molecule has 2 rings (SSSR count). The topological polar surface area (TPSA) is 20.3 Å². The van der Waals surface area contributed by atoms with Crippen molar-refractivity contribution in [2.75, 3.05) is 25.9 Å². The van der Waals surface area contributed by atoms with Crippen LogP contribution in [0, 0.1) is 0 Å². The highest BCUT2D eigenvalue weighted by atomic mass is 32.2. The Morgan fingerprint density at radius 1 is 1.22 bits per heavy atom. The predicted molar refractivity (Wildman–Crippen MR) is 77.5 cm³/mol. The average Bonchev–Trinajstić information content (AvgIpc) is 2.92. The molecule has 3 heteroatoms. The van der Waals surface area contributed by atoms with Gasteiger partial charge in [0, 0.05) is 16.9 Å². The summed E-state index contributed by atoms with van der Waals surface area (Å²) in [5.74, 6) is 0.279. The number of carbonyl (C=O) groups excluding carboxylic acids is 1. The second-order valence-corrected chi connectivity index (χ2v) is 5.68. The van der Waals surface area contributed by atoms with Gasteiger partial charge in [-0.05, 0) is 57.3 Å². The van der Waals surface area contributed by atoms with E-state index in [1.54, 1.807) is 11.8 Å². The summed E-state index contributed by atoms with van der Waals surface area (Å²) in [6.07, 6.45) is 6.36. The molecule has 0 aromatic heterocycles. The van der Waals surface area contributed by atoms with Crippen LogP contribution in [0.2, 0.25) is 0 Å². The molecule has 1 heterocycles. The van der Waals surface area contributed by atoms with Gasteiger partial charge in [0.15, 0.2) is 5.78 Å². The Morgan fingerprint density at radius 2 is 1.89 bits per heavy atom. The molecule has 0 radical (unpaired) electrons. The van der Waals surface area contributed by atoms with Gasteiger partial charge in [0.1, 0.15) is 0 Å². The van der Waals surface area contributed by atoms with Crippen molar-refractivity contribution < 1.29 is 4.79 Å². The van der Waals surface area contributed by atoms with Gasteiger partial charge in [0.25, 0.3) is 0 Å². The third-order valence-corrected chi connectivity index (χ3v) is 4.23. The van der Waals surface area contributed by atoms with Crippen LogP contribution in [0.25, 0.3) is 0 Å². The Kier molecular flexibility index (Phi) is 5.26. The summed E-state index contributed by atoms with van der Waals surface area (Å²) in [6, 6.07) is 7.95. The first-order valence-electron chi connectivity index (χ1n) is 6.69. The second kappa shape index (κ2) is 6.95. The van der Waals surface area contributed by atoms with E-state index in [-0.39, 0.29) is 5.78 Å². The van der Waals surface area contributed by atoms with E-state index in [9.17, 15) is 4.79 Å².